The number of benzene rings is 1. The monoisotopic (exact) mass is 298 g/mol. The first-order valence-corrected chi connectivity index (χ1v) is 6.54. The quantitative estimate of drug-likeness (QED) is 0.929. The van der Waals surface area contributed by atoms with E-state index in [4.69, 9.17) is 23.2 Å². The molecule has 19 heavy (non-hydrogen) atoms. The lowest BCUT2D eigenvalue weighted by atomic mass is 10.1. The molecule has 0 unspecified atom stereocenters. The topological polar surface area (TPSA) is 55.1 Å². The van der Waals surface area contributed by atoms with Crippen LogP contribution in [0.15, 0.2) is 24.4 Å². The zero-order valence-electron chi connectivity index (χ0n) is 10.2. The molecule has 100 valence electrons. The minimum absolute atomic E-state index is 0.159. The summed E-state index contributed by atoms with van der Waals surface area (Å²) >= 11 is 11.8. The average Bonchev–Trinajstić information content (AvgIpc) is 2.77. The van der Waals surface area contributed by atoms with E-state index >= 15 is 0 Å². The fourth-order valence-corrected chi connectivity index (χ4v) is 2.08. The van der Waals surface area contributed by atoms with E-state index in [1.54, 1.807) is 22.9 Å². The Bertz CT molecular complexity index is 623. The third-order valence-corrected chi connectivity index (χ3v) is 3.38. The van der Waals surface area contributed by atoms with Crippen molar-refractivity contribution < 1.29 is 9.90 Å². The Morgan fingerprint density at radius 1 is 1.37 bits per heavy atom. The molecular formula is C13H12Cl2N2O2. The summed E-state index contributed by atoms with van der Waals surface area (Å²) in [4.78, 5) is 11.3. The second kappa shape index (κ2) is 5.63. The molecule has 1 N–H and O–H groups in total. The lowest BCUT2D eigenvalue weighted by Crippen LogP contribution is -1.97. The standard InChI is InChI=1S/C13H12Cl2N2O2/c1-2-5-17-7-9(13(18)19)12(16-17)8-3-4-10(14)11(15)6-8/h3-4,6-7H,2,5H2,1H3,(H,18,19). The van der Waals surface area contributed by atoms with Crippen LogP contribution in [0.5, 0.6) is 0 Å². The Morgan fingerprint density at radius 3 is 2.68 bits per heavy atom. The number of halogens is 2. The summed E-state index contributed by atoms with van der Waals surface area (Å²) in [6.45, 7) is 2.67. The zero-order valence-corrected chi connectivity index (χ0v) is 11.7. The number of aromatic nitrogens is 2. The molecular weight excluding hydrogens is 287 g/mol. The Hall–Kier alpha value is -1.52. The predicted molar refractivity (Wildman–Crippen MR) is 74.9 cm³/mol. The van der Waals surface area contributed by atoms with Crippen LogP contribution < -0.4 is 0 Å². The molecule has 1 aromatic heterocycles. The highest BCUT2D eigenvalue weighted by molar-refractivity contribution is 6.42. The Kier molecular flexibility index (Phi) is 4.12. The minimum atomic E-state index is -1.01. The summed E-state index contributed by atoms with van der Waals surface area (Å²) in [6.07, 6.45) is 2.41. The number of rotatable bonds is 4. The highest BCUT2D eigenvalue weighted by Crippen LogP contribution is 2.29. The molecule has 0 aliphatic carbocycles. The van der Waals surface area contributed by atoms with Crippen molar-refractivity contribution in [2.24, 2.45) is 0 Å². The number of hydrogen-bond donors (Lipinski definition) is 1. The molecule has 1 aromatic carbocycles. The van der Waals surface area contributed by atoms with Gasteiger partial charge < -0.3 is 5.11 Å². The minimum Gasteiger partial charge on any atom is -0.478 e. The van der Waals surface area contributed by atoms with Crippen LogP contribution in [-0.2, 0) is 6.54 Å². The van der Waals surface area contributed by atoms with Gasteiger partial charge in [0.15, 0.2) is 0 Å². The Morgan fingerprint density at radius 2 is 2.11 bits per heavy atom. The number of aryl methyl sites for hydroxylation is 1. The van der Waals surface area contributed by atoms with Crippen molar-refractivity contribution in [2.75, 3.05) is 0 Å². The van der Waals surface area contributed by atoms with Crippen molar-refractivity contribution in [3.05, 3.63) is 40.0 Å². The van der Waals surface area contributed by atoms with Crippen molar-refractivity contribution >= 4 is 29.2 Å². The normalized spacial score (nSPS) is 10.7. The van der Waals surface area contributed by atoms with Crippen molar-refractivity contribution in [1.29, 1.82) is 0 Å². The molecule has 0 aliphatic heterocycles. The molecule has 0 spiro atoms. The lowest BCUT2D eigenvalue weighted by molar-refractivity contribution is 0.0697. The second-order valence-corrected chi connectivity index (χ2v) is 4.90. The van der Waals surface area contributed by atoms with Gasteiger partial charge in [0.25, 0.3) is 0 Å². The van der Waals surface area contributed by atoms with Crippen LogP contribution in [0.3, 0.4) is 0 Å². The van der Waals surface area contributed by atoms with Gasteiger partial charge in [-0.25, -0.2) is 4.79 Å². The van der Waals surface area contributed by atoms with Gasteiger partial charge in [0.2, 0.25) is 0 Å². The summed E-state index contributed by atoms with van der Waals surface area (Å²) < 4.78 is 1.63. The third kappa shape index (κ3) is 2.91. The van der Waals surface area contributed by atoms with Gasteiger partial charge in [0.05, 0.1) is 10.0 Å². The molecule has 0 aliphatic rings. The van der Waals surface area contributed by atoms with E-state index in [0.717, 1.165) is 6.42 Å². The van der Waals surface area contributed by atoms with Gasteiger partial charge in [0.1, 0.15) is 11.3 Å². The number of nitrogens with zero attached hydrogens (tertiary/aromatic N) is 2. The van der Waals surface area contributed by atoms with E-state index in [9.17, 15) is 9.90 Å². The van der Waals surface area contributed by atoms with E-state index in [2.05, 4.69) is 5.10 Å². The van der Waals surface area contributed by atoms with E-state index in [1.807, 2.05) is 6.92 Å². The SMILES string of the molecule is CCCn1cc(C(=O)O)c(-c2ccc(Cl)c(Cl)c2)n1. The van der Waals surface area contributed by atoms with Gasteiger partial charge in [-0.2, -0.15) is 5.10 Å². The number of hydrogen-bond acceptors (Lipinski definition) is 2. The maximum absolute atomic E-state index is 11.3. The lowest BCUT2D eigenvalue weighted by Gasteiger charge is -2.01. The molecule has 0 atom stereocenters. The maximum Gasteiger partial charge on any atom is 0.339 e. The molecule has 0 amide bonds. The fourth-order valence-electron chi connectivity index (χ4n) is 1.78. The van der Waals surface area contributed by atoms with Crippen LogP contribution in [0.1, 0.15) is 23.7 Å². The first-order chi connectivity index (χ1) is 9.02. The van der Waals surface area contributed by atoms with Crippen LogP contribution in [0.2, 0.25) is 10.0 Å². The summed E-state index contributed by atoms with van der Waals surface area (Å²) in [5.74, 6) is -1.01. The highest BCUT2D eigenvalue weighted by Gasteiger charge is 2.17. The van der Waals surface area contributed by atoms with E-state index in [-0.39, 0.29) is 5.56 Å². The van der Waals surface area contributed by atoms with Crippen molar-refractivity contribution in [1.82, 2.24) is 9.78 Å². The van der Waals surface area contributed by atoms with E-state index in [1.165, 1.54) is 6.20 Å². The van der Waals surface area contributed by atoms with Crippen LogP contribution in [0.4, 0.5) is 0 Å². The van der Waals surface area contributed by atoms with Crippen molar-refractivity contribution in [3.63, 3.8) is 0 Å². The molecule has 1 heterocycles. The molecule has 0 saturated carbocycles. The largest absolute Gasteiger partial charge is 0.478 e. The Labute approximate surface area is 120 Å². The first kappa shape index (κ1) is 13.9. The van der Waals surface area contributed by atoms with Gasteiger partial charge in [-0.1, -0.05) is 36.2 Å². The molecule has 0 saturated heterocycles. The van der Waals surface area contributed by atoms with E-state index in [0.29, 0.717) is 27.8 Å². The summed E-state index contributed by atoms with van der Waals surface area (Å²) in [6, 6.07) is 4.96. The highest BCUT2D eigenvalue weighted by atomic mass is 35.5. The van der Waals surface area contributed by atoms with Gasteiger partial charge in [-0.05, 0) is 18.6 Å². The van der Waals surface area contributed by atoms with Crippen LogP contribution >= 0.6 is 23.2 Å². The Balaban J connectivity index is 2.53. The molecule has 0 bridgehead atoms. The molecule has 2 rings (SSSR count). The molecule has 0 fully saturated rings. The fraction of sp³-hybridized carbons (Fsp3) is 0.231. The number of carboxylic acids is 1. The molecule has 4 nitrogen and oxygen atoms in total. The summed E-state index contributed by atoms with van der Waals surface area (Å²) in [5, 5.41) is 14.3. The zero-order chi connectivity index (χ0) is 14.0. The van der Waals surface area contributed by atoms with Crippen LogP contribution in [-0.4, -0.2) is 20.9 Å². The number of aromatic carboxylic acids is 1. The predicted octanol–water partition coefficient (Wildman–Crippen LogP) is 3.97. The first-order valence-electron chi connectivity index (χ1n) is 5.79. The van der Waals surface area contributed by atoms with Gasteiger partial charge in [0, 0.05) is 18.3 Å². The van der Waals surface area contributed by atoms with Gasteiger partial charge >= 0.3 is 5.97 Å². The maximum atomic E-state index is 11.3. The van der Waals surface area contributed by atoms with Crippen LogP contribution in [0.25, 0.3) is 11.3 Å². The second-order valence-electron chi connectivity index (χ2n) is 4.09. The van der Waals surface area contributed by atoms with Gasteiger partial charge in [-0.15, -0.1) is 0 Å². The van der Waals surface area contributed by atoms with Crippen LogP contribution in [0, 0.1) is 0 Å². The number of carbonyl (C=O) groups is 1. The van der Waals surface area contributed by atoms with Gasteiger partial charge in [-0.3, -0.25) is 4.68 Å². The third-order valence-electron chi connectivity index (χ3n) is 2.64. The van der Waals surface area contributed by atoms with E-state index < -0.39 is 5.97 Å². The summed E-state index contributed by atoms with van der Waals surface area (Å²) in [7, 11) is 0. The average molecular weight is 299 g/mol. The summed E-state index contributed by atoms with van der Waals surface area (Å²) in [5.41, 5.74) is 1.20. The van der Waals surface area contributed by atoms with Crippen molar-refractivity contribution in [2.45, 2.75) is 19.9 Å². The molecule has 2 aromatic rings. The molecule has 6 heteroatoms. The van der Waals surface area contributed by atoms with Crippen molar-refractivity contribution in [3.8, 4) is 11.3 Å². The smallest absolute Gasteiger partial charge is 0.339 e. The molecule has 0 radical (unpaired) electrons. The number of carboxylic acid groups (broad SMARTS) is 1.